The maximum absolute atomic E-state index is 12.2. The van der Waals surface area contributed by atoms with Gasteiger partial charge in [0.25, 0.3) is 5.91 Å². The molecule has 1 atom stereocenters. The lowest BCUT2D eigenvalue weighted by Crippen LogP contribution is -2.42. The number of piperidine rings is 1. The van der Waals surface area contributed by atoms with Gasteiger partial charge in [0.05, 0.1) is 29.8 Å². The second kappa shape index (κ2) is 10.1. The molecule has 0 aliphatic carbocycles. The van der Waals surface area contributed by atoms with E-state index in [2.05, 4.69) is 10.1 Å². The number of nitrogen functional groups attached to an aromatic ring is 1. The number of pyridine rings is 1. The summed E-state index contributed by atoms with van der Waals surface area (Å²) in [6.07, 6.45) is 8.14. The van der Waals surface area contributed by atoms with E-state index in [1.54, 1.807) is 17.3 Å². The molecule has 0 bridgehead atoms. The van der Waals surface area contributed by atoms with Gasteiger partial charge in [-0.05, 0) is 31.9 Å². The topological polar surface area (TPSA) is 152 Å². The summed E-state index contributed by atoms with van der Waals surface area (Å²) in [5.74, 6) is -0.133. The SMILES string of the molecule is C[C@@H](O)C(=O)N1CCC(c2nc3c(-c4ccc(-c5ccn(CCO)c5)nc4)cnn3c(N)c2C=O)CC1. The van der Waals surface area contributed by atoms with Gasteiger partial charge in [-0.15, -0.1) is 0 Å². The molecule has 11 heteroatoms. The van der Waals surface area contributed by atoms with Crippen LogP contribution in [0.3, 0.4) is 0 Å². The van der Waals surface area contributed by atoms with Crippen molar-refractivity contribution in [1.82, 2.24) is 29.0 Å². The molecule has 0 unspecified atom stereocenters. The number of nitrogens with two attached hydrogens (primary N) is 1. The van der Waals surface area contributed by atoms with E-state index >= 15 is 0 Å². The Morgan fingerprint density at radius 3 is 2.65 bits per heavy atom. The van der Waals surface area contributed by atoms with E-state index in [0.29, 0.717) is 55.7 Å². The monoisotopic (exact) mass is 503 g/mol. The zero-order valence-corrected chi connectivity index (χ0v) is 20.5. The molecule has 37 heavy (non-hydrogen) atoms. The quantitative estimate of drug-likeness (QED) is 0.323. The molecular weight excluding hydrogens is 474 g/mol. The molecule has 0 aromatic carbocycles. The van der Waals surface area contributed by atoms with E-state index in [1.807, 2.05) is 35.2 Å². The van der Waals surface area contributed by atoms with E-state index in [4.69, 9.17) is 15.8 Å². The molecule has 1 fully saturated rings. The number of hydrogen-bond acceptors (Lipinski definition) is 8. The predicted molar refractivity (Wildman–Crippen MR) is 137 cm³/mol. The Labute approximate surface area is 213 Å². The normalized spacial score (nSPS) is 15.3. The molecule has 5 heterocycles. The van der Waals surface area contributed by atoms with E-state index in [0.717, 1.165) is 22.4 Å². The minimum Gasteiger partial charge on any atom is -0.395 e. The van der Waals surface area contributed by atoms with Gasteiger partial charge in [-0.3, -0.25) is 14.6 Å². The number of aliphatic hydroxyl groups is 2. The largest absolute Gasteiger partial charge is 0.395 e. The van der Waals surface area contributed by atoms with Crippen molar-refractivity contribution in [2.45, 2.75) is 38.3 Å². The fraction of sp³-hybridized carbons (Fsp3) is 0.346. The highest BCUT2D eigenvalue weighted by Crippen LogP contribution is 2.34. The van der Waals surface area contributed by atoms with Gasteiger partial charge in [0.1, 0.15) is 11.9 Å². The minimum atomic E-state index is -1.04. The molecule has 1 amide bonds. The Bertz CT molecular complexity index is 1430. The van der Waals surface area contributed by atoms with Crippen LogP contribution in [0.15, 0.2) is 43.0 Å². The maximum Gasteiger partial charge on any atom is 0.251 e. The van der Waals surface area contributed by atoms with Crippen molar-refractivity contribution in [3.63, 3.8) is 0 Å². The van der Waals surface area contributed by atoms with Crippen LogP contribution in [0.2, 0.25) is 0 Å². The fourth-order valence-corrected chi connectivity index (χ4v) is 4.89. The standard InChI is InChI=1S/C26H29N7O4/c1-16(36)26(37)32-8-5-17(6-9-32)23-21(15-35)24(27)33-25(30-23)20(13-29-33)18-2-3-22(28-12-18)19-4-7-31(14-19)10-11-34/h2-4,7,12-17,34,36H,5-6,8-11,27H2,1H3/t16-/m1/s1. The first-order chi connectivity index (χ1) is 17.9. The van der Waals surface area contributed by atoms with Crippen LogP contribution in [-0.2, 0) is 11.3 Å². The van der Waals surface area contributed by atoms with Gasteiger partial charge in [0, 0.05) is 60.8 Å². The molecule has 4 aromatic rings. The van der Waals surface area contributed by atoms with Crippen LogP contribution in [0.4, 0.5) is 5.82 Å². The zero-order valence-electron chi connectivity index (χ0n) is 20.5. The summed E-state index contributed by atoms with van der Waals surface area (Å²) in [4.78, 5) is 35.3. The first-order valence-electron chi connectivity index (χ1n) is 12.2. The van der Waals surface area contributed by atoms with Gasteiger partial charge in [-0.2, -0.15) is 9.61 Å². The Kier molecular flexibility index (Phi) is 6.72. The van der Waals surface area contributed by atoms with Crippen molar-refractivity contribution < 1.29 is 19.8 Å². The first kappa shape index (κ1) is 24.6. The number of aldehydes is 1. The second-order valence-corrected chi connectivity index (χ2v) is 9.28. The molecule has 0 saturated carbocycles. The number of carbonyl (C=O) groups excluding carboxylic acids is 2. The lowest BCUT2D eigenvalue weighted by Gasteiger charge is -2.33. The lowest BCUT2D eigenvalue weighted by atomic mass is 9.90. The molecule has 11 nitrogen and oxygen atoms in total. The zero-order chi connectivity index (χ0) is 26.1. The molecule has 0 spiro atoms. The number of aromatic nitrogens is 5. The van der Waals surface area contributed by atoms with Crippen LogP contribution in [0.5, 0.6) is 0 Å². The van der Waals surface area contributed by atoms with Crippen molar-refractivity contribution in [2.24, 2.45) is 0 Å². The van der Waals surface area contributed by atoms with Crippen molar-refractivity contribution >= 4 is 23.7 Å². The Hall–Kier alpha value is -4.09. The van der Waals surface area contributed by atoms with E-state index in [1.165, 1.54) is 11.4 Å². The van der Waals surface area contributed by atoms with Gasteiger partial charge in [-0.1, -0.05) is 6.07 Å². The Morgan fingerprint density at radius 2 is 2.00 bits per heavy atom. The second-order valence-electron chi connectivity index (χ2n) is 9.28. The number of hydrogen-bond donors (Lipinski definition) is 3. The summed E-state index contributed by atoms with van der Waals surface area (Å²) in [5.41, 5.74) is 11.1. The number of likely N-dealkylation sites (tertiary alicyclic amines) is 1. The van der Waals surface area contributed by atoms with Gasteiger partial charge in [-0.25, -0.2) is 4.98 Å². The number of anilines is 1. The van der Waals surface area contributed by atoms with E-state index < -0.39 is 6.10 Å². The van der Waals surface area contributed by atoms with E-state index in [-0.39, 0.29) is 24.2 Å². The number of amides is 1. The van der Waals surface area contributed by atoms with Crippen LogP contribution in [0.1, 0.15) is 41.7 Å². The number of fused-ring (bicyclic) bond motifs is 1. The number of rotatable bonds is 7. The van der Waals surface area contributed by atoms with Crippen LogP contribution >= 0.6 is 0 Å². The van der Waals surface area contributed by atoms with Crippen molar-refractivity contribution in [3.8, 4) is 22.4 Å². The minimum absolute atomic E-state index is 0.0586. The summed E-state index contributed by atoms with van der Waals surface area (Å²) < 4.78 is 3.37. The number of carbonyl (C=O) groups is 2. The first-order valence-corrected chi connectivity index (χ1v) is 12.2. The summed E-state index contributed by atoms with van der Waals surface area (Å²) in [7, 11) is 0. The molecule has 1 aliphatic heterocycles. The highest BCUT2D eigenvalue weighted by atomic mass is 16.3. The third kappa shape index (κ3) is 4.58. The smallest absolute Gasteiger partial charge is 0.251 e. The molecule has 4 N–H and O–H groups in total. The van der Waals surface area contributed by atoms with Crippen molar-refractivity contribution in [1.29, 1.82) is 0 Å². The average molecular weight is 504 g/mol. The highest BCUT2D eigenvalue weighted by Gasteiger charge is 2.29. The molecule has 192 valence electrons. The lowest BCUT2D eigenvalue weighted by molar-refractivity contribution is -0.140. The Morgan fingerprint density at radius 1 is 1.22 bits per heavy atom. The van der Waals surface area contributed by atoms with Crippen molar-refractivity contribution in [2.75, 3.05) is 25.4 Å². The van der Waals surface area contributed by atoms with Gasteiger partial charge >= 0.3 is 0 Å². The summed E-state index contributed by atoms with van der Waals surface area (Å²) in [5, 5.41) is 23.1. The van der Waals surface area contributed by atoms with Crippen LogP contribution in [-0.4, -0.2) is 77.3 Å². The van der Waals surface area contributed by atoms with Crippen molar-refractivity contribution in [3.05, 3.63) is 54.2 Å². The van der Waals surface area contributed by atoms with Crippen LogP contribution in [0, 0.1) is 0 Å². The molecule has 1 aliphatic rings. The number of nitrogens with zero attached hydrogens (tertiary/aromatic N) is 6. The molecule has 5 rings (SSSR count). The van der Waals surface area contributed by atoms with E-state index in [9.17, 15) is 14.7 Å². The van der Waals surface area contributed by atoms with Gasteiger partial charge in [0.2, 0.25) is 0 Å². The number of aliphatic hydroxyl groups excluding tert-OH is 2. The summed E-state index contributed by atoms with van der Waals surface area (Å²) in [6.45, 7) is 2.99. The molecule has 1 saturated heterocycles. The predicted octanol–water partition coefficient (Wildman–Crippen LogP) is 1.73. The van der Waals surface area contributed by atoms with Gasteiger partial charge in [0.15, 0.2) is 11.9 Å². The maximum atomic E-state index is 12.2. The highest BCUT2D eigenvalue weighted by molar-refractivity contribution is 5.87. The third-order valence-electron chi connectivity index (χ3n) is 6.90. The molecule has 4 aromatic heterocycles. The average Bonchev–Trinajstić information content (AvgIpc) is 3.56. The Balaban J connectivity index is 1.46. The summed E-state index contributed by atoms with van der Waals surface area (Å²) >= 11 is 0. The molecular formula is C26H29N7O4. The fourth-order valence-electron chi connectivity index (χ4n) is 4.89. The molecule has 0 radical (unpaired) electrons. The van der Waals surface area contributed by atoms with Gasteiger partial charge < -0.3 is 25.4 Å². The van der Waals surface area contributed by atoms with Crippen LogP contribution in [0.25, 0.3) is 28.0 Å². The third-order valence-corrected chi connectivity index (χ3v) is 6.90. The summed E-state index contributed by atoms with van der Waals surface area (Å²) in [6, 6.07) is 5.80. The van der Waals surface area contributed by atoms with Crippen LogP contribution < -0.4 is 5.73 Å².